The molecule has 1 rings (SSSR count). The van der Waals surface area contributed by atoms with E-state index in [9.17, 15) is 4.39 Å². The molecule has 1 aromatic carbocycles. The van der Waals surface area contributed by atoms with Crippen molar-refractivity contribution in [3.8, 4) is 11.5 Å². The molecule has 66 valence electrons. The zero-order valence-corrected chi connectivity index (χ0v) is 8.06. The summed E-state index contributed by atoms with van der Waals surface area (Å²) in [6.07, 6.45) is 0. The predicted molar refractivity (Wildman–Crippen MR) is 46.9 cm³/mol. The average Bonchev–Trinajstić information content (AvgIpc) is 2.07. The lowest BCUT2D eigenvalue weighted by Gasteiger charge is -2.06. The first-order chi connectivity index (χ1) is 5.66. The van der Waals surface area contributed by atoms with Crippen LogP contribution in [-0.4, -0.2) is 11.7 Å². The van der Waals surface area contributed by atoms with Gasteiger partial charge >= 0.3 is 0 Å². The third-order valence-electron chi connectivity index (χ3n) is 1.33. The van der Waals surface area contributed by atoms with Gasteiger partial charge in [-0.2, -0.15) is 0 Å². The van der Waals surface area contributed by atoms with Crippen LogP contribution in [0.25, 0.3) is 0 Å². The summed E-state index contributed by atoms with van der Waals surface area (Å²) in [6.45, 7) is 2.26. The van der Waals surface area contributed by atoms with Gasteiger partial charge in [-0.15, -0.1) is 0 Å². The van der Waals surface area contributed by atoms with Crippen LogP contribution in [0.15, 0.2) is 16.6 Å². The first-order valence-corrected chi connectivity index (χ1v) is 4.26. The van der Waals surface area contributed by atoms with Gasteiger partial charge in [-0.05, 0) is 35.0 Å². The molecule has 0 aromatic heterocycles. The highest BCUT2D eigenvalue weighted by Crippen LogP contribution is 2.32. The highest BCUT2D eigenvalue weighted by molar-refractivity contribution is 9.10. The van der Waals surface area contributed by atoms with Crippen LogP contribution in [0, 0.1) is 5.82 Å². The second-order valence-corrected chi connectivity index (χ2v) is 2.94. The Morgan fingerprint density at radius 3 is 2.83 bits per heavy atom. The summed E-state index contributed by atoms with van der Waals surface area (Å²) in [5.74, 6) is -0.681. The number of ether oxygens (including phenoxy) is 1. The number of phenols is 1. The van der Waals surface area contributed by atoms with Crippen molar-refractivity contribution < 1.29 is 14.2 Å². The van der Waals surface area contributed by atoms with E-state index in [-0.39, 0.29) is 10.2 Å². The molecule has 0 spiro atoms. The van der Waals surface area contributed by atoms with E-state index in [1.54, 1.807) is 6.92 Å². The largest absolute Gasteiger partial charge is 0.505 e. The molecule has 0 radical (unpaired) electrons. The second-order valence-electron chi connectivity index (χ2n) is 2.14. The molecule has 1 aromatic rings. The molecular formula is C8H8BrFO2. The lowest BCUT2D eigenvalue weighted by atomic mass is 10.3. The number of halogens is 2. The van der Waals surface area contributed by atoms with Crippen molar-refractivity contribution in [1.29, 1.82) is 0 Å². The van der Waals surface area contributed by atoms with Crippen LogP contribution in [0.5, 0.6) is 11.5 Å². The van der Waals surface area contributed by atoms with Gasteiger partial charge in [0.1, 0.15) is 5.75 Å². The summed E-state index contributed by atoms with van der Waals surface area (Å²) in [5, 5.41) is 8.93. The number of hydrogen-bond acceptors (Lipinski definition) is 2. The molecule has 0 aliphatic rings. The molecule has 0 saturated heterocycles. The molecule has 2 nitrogen and oxygen atoms in total. The summed E-state index contributed by atoms with van der Waals surface area (Å²) >= 11 is 2.97. The summed E-state index contributed by atoms with van der Waals surface area (Å²) in [5.41, 5.74) is 0. The molecule has 0 fully saturated rings. The van der Waals surface area contributed by atoms with Gasteiger partial charge in [0.15, 0.2) is 11.6 Å². The lowest BCUT2D eigenvalue weighted by Crippen LogP contribution is -1.93. The van der Waals surface area contributed by atoms with Gasteiger partial charge in [0.2, 0.25) is 0 Å². The van der Waals surface area contributed by atoms with Crippen LogP contribution >= 0.6 is 15.9 Å². The molecule has 0 amide bonds. The highest BCUT2D eigenvalue weighted by atomic mass is 79.9. The molecular weight excluding hydrogens is 227 g/mol. The normalized spacial score (nSPS) is 9.92. The van der Waals surface area contributed by atoms with Crippen LogP contribution < -0.4 is 4.74 Å². The first-order valence-electron chi connectivity index (χ1n) is 3.46. The van der Waals surface area contributed by atoms with Crippen molar-refractivity contribution in [1.82, 2.24) is 0 Å². The number of benzene rings is 1. The predicted octanol–water partition coefficient (Wildman–Crippen LogP) is 2.69. The van der Waals surface area contributed by atoms with Crippen molar-refractivity contribution in [2.24, 2.45) is 0 Å². The minimum atomic E-state index is -0.694. The van der Waals surface area contributed by atoms with Crippen molar-refractivity contribution >= 4 is 15.9 Å². The average molecular weight is 235 g/mol. The van der Waals surface area contributed by atoms with E-state index in [2.05, 4.69) is 15.9 Å². The lowest BCUT2D eigenvalue weighted by molar-refractivity contribution is 0.332. The van der Waals surface area contributed by atoms with E-state index >= 15 is 0 Å². The van der Waals surface area contributed by atoms with Crippen LogP contribution in [0.4, 0.5) is 4.39 Å². The maximum atomic E-state index is 12.9. The van der Waals surface area contributed by atoms with Gasteiger partial charge in [-0.3, -0.25) is 0 Å². The number of rotatable bonds is 2. The minimum Gasteiger partial charge on any atom is -0.505 e. The second kappa shape index (κ2) is 3.76. The molecule has 0 unspecified atom stereocenters. The van der Waals surface area contributed by atoms with Crippen molar-refractivity contribution in [3.05, 3.63) is 22.4 Å². The topological polar surface area (TPSA) is 29.5 Å². The first kappa shape index (κ1) is 9.32. The molecule has 0 atom stereocenters. The van der Waals surface area contributed by atoms with Crippen molar-refractivity contribution in [2.75, 3.05) is 6.61 Å². The molecule has 0 aliphatic heterocycles. The number of aromatic hydroxyl groups is 1. The van der Waals surface area contributed by atoms with Crippen LogP contribution in [0.1, 0.15) is 6.92 Å². The molecule has 12 heavy (non-hydrogen) atoms. The Bertz CT molecular complexity index is 289. The zero-order valence-electron chi connectivity index (χ0n) is 6.47. The van der Waals surface area contributed by atoms with E-state index in [0.29, 0.717) is 12.4 Å². The molecule has 0 heterocycles. The molecule has 0 aliphatic carbocycles. The number of phenolic OH excluding ortho intramolecular Hbond substituents is 1. The Balaban J connectivity index is 3.08. The monoisotopic (exact) mass is 234 g/mol. The van der Waals surface area contributed by atoms with Crippen LogP contribution in [0.2, 0.25) is 0 Å². The number of hydrogen-bond donors (Lipinski definition) is 1. The van der Waals surface area contributed by atoms with Gasteiger partial charge in [-0.1, -0.05) is 0 Å². The summed E-state index contributed by atoms with van der Waals surface area (Å²) in [4.78, 5) is 0. The Morgan fingerprint density at radius 2 is 2.25 bits per heavy atom. The van der Waals surface area contributed by atoms with Gasteiger partial charge in [0.25, 0.3) is 0 Å². The zero-order chi connectivity index (χ0) is 9.14. The van der Waals surface area contributed by atoms with Gasteiger partial charge in [0, 0.05) is 0 Å². The van der Waals surface area contributed by atoms with Crippen LogP contribution in [0.3, 0.4) is 0 Å². The van der Waals surface area contributed by atoms with Crippen LogP contribution in [-0.2, 0) is 0 Å². The standard InChI is InChI=1S/C8H8BrFO2/c1-2-12-6-4-3-5(11)8(10)7(6)9/h3-4,11H,2H2,1H3. The SMILES string of the molecule is CCOc1ccc(O)c(F)c1Br. The van der Waals surface area contributed by atoms with Gasteiger partial charge in [0.05, 0.1) is 11.1 Å². The maximum Gasteiger partial charge on any atom is 0.182 e. The summed E-state index contributed by atoms with van der Waals surface area (Å²) in [6, 6.07) is 2.76. The fourth-order valence-electron chi connectivity index (χ4n) is 0.789. The van der Waals surface area contributed by atoms with Crippen molar-refractivity contribution in [2.45, 2.75) is 6.92 Å². The van der Waals surface area contributed by atoms with Gasteiger partial charge < -0.3 is 9.84 Å². The molecule has 0 saturated carbocycles. The Morgan fingerprint density at radius 1 is 1.58 bits per heavy atom. The third-order valence-corrected chi connectivity index (χ3v) is 2.07. The third kappa shape index (κ3) is 1.69. The van der Waals surface area contributed by atoms with E-state index in [1.807, 2.05) is 0 Å². The minimum absolute atomic E-state index is 0.157. The van der Waals surface area contributed by atoms with E-state index in [0.717, 1.165) is 0 Å². The van der Waals surface area contributed by atoms with E-state index in [1.165, 1.54) is 12.1 Å². The van der Waals surface area contributed by atoms with Crippen molar-refractivity contribution in [3.63, 3.8) is 0 Å². The fraction of sp³-hybridized carbons (Fsp3) is 0.250. The molecule has 1 N–H and O–H groups in total. The highest BCUT2D eigenvalue weighted by Gasteiger charge is 2.10. The smallest absolute Gasteiger partial charge is 0.182 e. The molecule has 4 heteroatoms. The Kier molecular flexibility index (Phi) is 2.92. The fourth-order valence-corrected chi connectivity index (χ4v) is 1.24. The quantitative estimate of drug-likeness (QED) is 0.853. The van der Waals surface area contributed by atoms with E-state index < -0.39 is 5.82 Å². The Hall–Kier alpha value is -0.770. The van der Waals surface area contributed by atoms with E-state index in [4.69, 9.17) is 9.84 Å². The maximum absolute atomic E-state index is 12.9. The summed E-state index contributed by atoms with van der Waals surface area (Å²) in [7, 11) is 0. The van der Waals surface area contributed by atoms with Gasteiger partial charge in [-0.25, -0.2) is 4.39 Å². The molecule has 0 bridgehead atoms. The summed E-state index contributed by atoms with van der Waals surface area (Å²) < 4.78 is 18.2. The Labute approximate surface area is 78.1 Å².